The van der Waals surface area contributed by atoms with Crippen molar-refractivity contribution in [2.45, 2.75) is 39.2 Å². The van der Waals surface area contributed by atoms with Gasteiger partial charge >= 0.3 is 0 Å². The number of sulfonamides is 1. The molecule has 0 aromatic rings. The molecule has 0 aromatic carbocycles. The smallest absolute Gasteiger partial charge is 0.213 e. The van der Waals surface area contributed by atoms with Gasteiger partial charge in [-0.05, 0) is 25.8 Å². The van der Waals surface area contributed by atoms with Crippen molar-refractivity contribution in [2.75, 3.05) is 39.6 Å². The van der Waals surface area contributed by atoms with Crippen molar-refractivity contribution >= 4 is 10.0 Å². The molecule has 6 heteroatoms. The van der Waals surface area contributed by atoms with Gasteiger partial charge < -0.3 is 10.1 Å². The SMILES string of the molecule is COCCCN(C)S(=O)(=O)CCCCNC(C)C. The van der Waals surface area contributed by atoms with Crippen LogP contribution < -0.4 is 5.32 Å². The lowest BCUT2D eigenvalue weighted by Crippen LogP contribution is -2.31. The van der Waals surface area contributed by atoms with Crippen LogP contribution in [0.3, 0.4) is 0 Å². The number of nitrogens with zero attached hydrogens (tertiary/aromatic N) is 1. The van der Waals surface area contributed by atoms with E-state index in [0.29, 0.717) is 25.6 Å². The summed E-state index contributed by atoms with van der Waals surface area (Å²) in [5.41, 5.74) is 0. The lowest BCUT2D eigenvalue weighted by molar-refractivity contribution is 0.189. The molecular weight excluding hydrogens is 252 g/mol. The predicted molar refractivity (Wildman–Crippen MR) is 75.3 cm³/mol. The summed E-state index contributed by atoms with van der Waals surface area (Å²) in [4.78, 5) is 0. The van der Waals surface area contributed by atoms with Crippen LogP contribution in [0.15, 0.2) is 0 Å². The second-order valence-electron chi connectivity index (χ2n) is 4.80. The summed E-state index contributed by atoms with van der Waals surface area (Å²) in [6.07, 6.45) is 2.33. The Labute approximate surface area is 112 Å². The number of hydrogen-bond donors (Lipinski definition) is 1. The normalized spacial score (nSPS) is 12.6. The Balaban J connectivity index is 3.78. The second kappa shape index (κ2) is 9.72. The third-order valence-electron chi connectivity index (χ3n) is 2.68. The number of unbranched alkanes of at least 4 members (excludes halogenated alkanes) is 1. The molecule has 0 heterocycles. The van der Waals surface area contributed by atoms with Gasteiger partial charge in [-0.25, -0.2) is 12.7 Å². The van der Waals surface area contributed by atoms with Crippen molar-refractivity contribution in [3.63, 3.8) is 0 Å². The maximum atomic E-state index is 11.9. The molecule has 0 rings (SSSR count). The molecule has 0 saturated heterocycles. The van der Waals surface area contributed by atoms with Gasteiger partial charge in [0.15, 0.2) is 0 Å². The molecule has 110 valence electrons. The molecule has 0 aliphatic rings. The Morgan fingerprint density at radius 3 is 2.44 bits per heavy atom. The standard InChI is InChI=1S/C12H28N2O3S/c1-12(2)13-8-5-6-11-18(15,16)14(3)9-7-10-17-4/h12-13H,5-11H2,1-4H3. The molecular formula is C12H28N2O3S. The summed E-state index contributed by atoms with van der Waals surface area (Å²) in [6.45, 7) is 6.17. The van der Waals surface area contributed by atoms with E-state index >= 15 is 0 Å². The fourth-order valence-electron chi connectivity index (χ4n) is 1.53. The number of nitrogens with one attached hydrogen (secondary N) is 1. The highest BCUT2D eigenvalue weighted by atomic mass is 32.2. The van der Waals surface area contributed by atoms with Crippen LogP contribution in [0.5, 0.6) is 0 Å². The first-order chi connectivity index (χ1) is 8.40. The van der Waals surface area contributed by atoms with E-state index in [4.69, 9.17) is 4.74 Å². The van der Waals surface area contributed by atoms with Crippen LogP contribution >= 0.6 is 0 Å². The minimum absolute atomic E-state index is 0.232. The van der Waals surface area contributed by atoms with Crippen LogP contribution in [0.1, 0.15) is 33.1 Å². The fraction of sp³-hybridized carbons (Fsp3) is 1.00. The lowest BCUT2D eigenvalue weighted by atomic mass is 10.3. The summed E-state index contributed by atoms with van der Waals surface area (Å²) in [6, 6.07) is 0.457. The van der Waals surface area contributed by atoms with Crippen LogP contribution in [-0.2, 0) is 14.8 Å². The van der Waals surface area contributed by atoms with Gasteiger partial charge in [-0.3, -0.25) is 0 Å². The number of methoxy groups -OCH3 is 1. The molecule has 18 heavy (non-hydrogen) atoms. The number of ether oxygens (including phenoxy) is 1. The zero-order chi connectivity index (χ0) is 14.0. The van der Waals surface area contributed by atoms with E-state index in [1.165, 1.54) is 4.31 Å². The van der Waals surface area contributed by atoms with Crippen LogP contribution in [0.2, 0.25) is 0 Å². The fourth-order valence-corrected chi connectivity index (χ4v) is 2.81. The monoisotopic (exact) mass is 280 g/mol. The Kier molecular flexibility index (Phi) is 9.63. The highest BCUT2D eigenvalue weighted by Crippen LogP contribution is 2.03. The van der Waals surface area contributed by atoms with Crippen molar-refractivity contribution < 1.29 is 13.2 Å². The molecule has 0 aliphatic carbocycles. The molecule has 0 aliphatic heterocycles. The van der Waals surface area contributed by atoms with Gasteiger partial charge in [-0.2, -0.15) is 0 Å². The van der Waals surface area contributed by atoms with Crippen molar-refractivity contribution in [1.82, 2.24) is 9.62 Å². The summed E-state index contributed by atoms with van der Waals surface area (Å²) in [7, 11) is 0.166. The Hall–Kier alpha value is -0.170. The predicted octanol–water partition coefficient (Wildman–Crippen LogP) is 1.06. The van der Waals surface area contributed by atoms with E-state index in [9.17, 15) is 8.42 Å². The van der Waals surface area contributed by atoms with Crippen molar-refractivity contribution in [3.8, 4) is 0 Å². The van der Waals surface area contributed by atoms with Gasteiger partial charge in [0, 0.05) is 33.4 Å². The van der Waals surface area contributed by atoms with E-state index in [1.54, 1.807) is 14.2 Å². The maximum Gasteiger partial charge on any atom is 0.213 e. The van der Waals surface area contributed by atoms with Crippen LogP contribution in [-0.4, -0.2) is 58.4 Å². The molecule has 5 nitrogen and oxygen atoms in total. The lowest BCUT2D eigenvalue weighted by Gasteiger charge is -2.17. The topological polar surface area (TPSA) is 58.6 Å². The molecule has 0 unspecified atom stereocenters. The minimum Gasteiger partial charge on any atom is -0.385 e. The number of hydrogen-bond acceptors (Lipinski definition) is 4. The third kappa shape index (κ3) is 8.85. The highest BCUT2D eigenvalue weighted by molar-refractivity contribution is 7.89. The summed E-state index contributed by atoms with van der Waals surface area (Å²) < 4.78 is 30.1. The highest BCUT2D eigenvalue weighted by Gasteiger charge is 2.16. The zero-order valence-electron chi connectivity index (χ0n) is 12.1. The molecule has 0 radical (unpaired) electrons. The van der Waals surface area contributed by atoms with Crippen LogP contribution in [0.4, 0.5) is 0 Å². The van der Waals surface area contributed by atoms with E-state index < -0.39 is 10.0 Å². The van der Waals surface area contributed by atoms with E-state index in [0.717, 1.165) is 19.4 Å². The molecule has 0 bridgehead atoms. The Bertz CT molecular complexity index is 292. The zero-order valence-corrected chi connectivity index (χ0v) is 12.9. The molecule has 0 amide bonds. The maximum absolute atomic E-state index is 11.9. The van der Waals surface area contributed by atoms with Gasteiger partial charge in [0.2, 0.25) is 10.0 Å². The minimum atomic E-state index is -3.09. The van der Waals surface area contributed by atoms with Crippen molar-refractivity contribution in [1.29, 1.82) is 0 Å². The van der Waals surface area contributed by atoms with Gasteiger partial charge in [0.25, 0.3) is 0 Å². The summed E-state index contributed by atoms with van der Waals surface area (Å²) in [5.74, 6) is 0.232. The molecule has 0 spiro atoms. The first kappa shape index (κ1) is 17.8. The van der Waals surface area contributed by atoms with E-state index in [2.05, 4.69) is 19.2 Å². The Morgan fingerprint density at radius 1 is 1.22 bits per heavy atom. The molecule has 0 saturated carbocycles. The van der Waals surface area contributed by atoms with Gasteiger partial charge in [-0.15, -0.1) is 0 Å². The largest absolute Gasteiger partial charge is 0.385 e. The second-order valence-corrected chi connectivity index (χ2v) is 7.00. The van der Waals surface area contributed by atoms with Gasteiger partial charge in [-0.1, -0.05) is 13.8 Å². The molecule has 0 atom stereocenters. The van der Waals surface area contributed by atoms with Crippen molar-refractivity contribution in [3.05, 3.63) is 0 Å². The average Bonchev–Trinajstić information content (AvgIpc) is 2.28. The van der Waals surface area contributed by atoms with Gasteiger partial charge in [0.05, 0.1) is 5.75 Å². The molecule has 1 N–H and O–H groups in total. The number of rotatable bonds is 11. The van der Waals surface area contributed by atoms with E-state index in [-0.39, 0.29) is 5.75 Å². The first-order valence-electron chi connectivity index (χ1n) is 6.56. The van der Waals surface area contributed by atoms with E-state index in [1.807, 2.05) is 0 Å². The quantitative estimate of drug-likeness (QED) is 0.575. The van der Waals surface area contributed by atoms with Crippen molar-refractivity contribution in [2.24, 2.45) is 0 Å². The summed E-state index contributed by atoms with van der Waals surface area (Å²) >= 11 is 0. The van der Waals surface area contributed by atoms with Crippen LogP contribution in [0.25, 0.3) is 0 Å². The Morgan fingerprint density at radius 2 is 1.89 bits per heavy atom. The van der Waals surface area contributed by atoms with Gasteiger partial charge in [0.1, 0.15) is 0 Å². The summed E-state index contributed by atoms with van der Waals surface area (Å²) in [5, 5.41) is 3.28. The molecule has 0 aromatic heterocycles. The molecule has 0 fully saturated rings. The third-order valence-corrected chi connectivity index (χ3v) is 4.61. The first-order valence-corrected chi connectivity index (χ1v) is 8.17. The average molecular weight is 280 g/mol. The van der Waals surface area contributed by atoms with Crippen LogP contribution in [0, 0.1) is 0 Å².